The molecule has 1 aromatic rings. The van der Waals surface area contributed by atoms with Gasteiger partial charge in [-0.25, -0.2) is 0 Å². The van der Waals surface area contributed by atoms with Crippen LogP contribution in [-0.4, -0.2) is 49.0 Å². The van der Waals surface area contributed by atoms with Gasteiger partial charge in [0, 0.05) is 24.7 Å². The number of fused-ring (bicyclic) bond motifs is 1. The second-order valence-electron chi connectivity index (χ2n) is 5.50. The predicted molar refractivity (Wildman–Crippen MR) is 75.5 cm³/mol. The van der Waals surface area contributed by atoms with Crippen LogP contribution in [0, 0.1) is 0 Å². The van der Waals surface area contributed by atoms with Crippen molar-refractivity contribution >= 4 is 5.91 Å². The fraction of sp³-hybridized carbons (Fsp3) is 0.533. The first-order valence-electron chi connectivity index (χ1n) is 6.70. The summed E-state index contributed by atoms with van der Waals surface area (Å²) in [6.45, 7) is 6.29. The molecule has 0 bridgehead atoms. The Hall–Kier alpha value is -1.55. The van der Waals surface area contributed by atoms with E-state index in [1.54, 1.807) is 0 Å². The lowest BCUT2D eigenvalue weighted by molar-refractivity contribution is 0.0730. The molecule has 0 radical (unpaired) electrons. The molecule has 0 unspecified atom stereocenters. The van der Waals surface area contributed by atoms with Gasteiger partial charge in [-0.15, -0.1) is 0 Å². The van der Waals surface area contributed by atoms with Crippen molar-refractivity contribution in [3.8, 4) is 5.75 Å². The fourth-order valence-electron chi connectivity index (χ4n) is 2.16. The van der Waals surface area contributed by atoms with Crippen LogP contribution < -0.4 is 4.74 Å². The summed E-state index contributed by atoms with van der Waals surface area (Å²) in [5, 5.41) is 0. The first-order valence-corrected chi connectivity index (χ1v) is 6.70. The number of likely N-dealkylation sites (N-methyl/N-ethyl adjacent to an activating group) is 1. The number of nitrogens with zero attached hydrogens (tertiary/aromatic N) is 2. The molecule has 4 nitrogen and oxygen atoms in total. The van der Waals surface area contributed by atoms with Crippen molar-refractivity contribution in [3.05, 3.63) is 29.3 Å². The minimum Gasteiger partial charge on any atom is -0.492 e. The van der Waals surface area contributed by atoms with Gasteiger partial charge in [-0.1, -0.05) is 6.07 Å². The van der Waals surface area contributed by atoms with Crippen LogP contribution in [0.4, 0.5) is 0 Å². The summed E-state index contributed by atoms with van der Waals surface area (Å²) in [6, 6.07) is 6.06. The van der Waals surface area contributed by atoms with Gasteiger partial charge < -0.3 is 14.5 Å². The number of carbonyl (C=O) groups is 1. The summed E-state index contributed by atoms with van der Waals surface area (Å²) in [6.07, 6.45) is 0. The number of carbonyl (C=O) groups excluding carboxylic acids is 1. The molecule has 0 saturated carbocycles. The van der Waals surface area contributed by atoms with Gasteiger partial charge in [0.1, 0.15) is 12.4 Å². The predicted octanol–water partition coefficient (Wildman–Crippen LogP) is 1.99. The summed E-state index contributed by atoms with van der Waals surface area (Å²) in [5.41, 5.74) is 1.88. The van der Waals surface area contributed by atoms with Crippen molar-refractivity contribution in [2.24, 2.45) is 0 Å². The maximum absolute atomic E-state index is 12.2. The molecule has 2 rings (SSSR count). The summed E-state index contributed by atoms with van der Waals surface area (Å²) in [7, 11) is 4.02. The summed E-state index contributed by atoms with van der Waals surface area (Å²) >= 11 is 0. The van der Waals surface area contributed by atoms with Crippen molar-refractivity contribution in [2.75, 3.05) is 27.2 Å². The van der Waals surface area contributed by atoms with E-state index in [1.165, 1.54) is 0 Å². The number of ether oxygens (including phenoxy) is 1. The van der Waals surface area contributed by atoms with Crippen LogP contribution in [0.15, 0.2) is 18.2 Å². The largest absolute Gasteiger partial charge is 0.492 e. The zero-order chi connectivity index (χ0) is 14.0. The molecule has 19 heavy (non-hydrogen) atoms. The molecule has 0 N–H and O–H groups in total. The number of rotatable bonds is 5. The molecular weight excluding hydrogens is 240 g/mol. The van der Waals surface area contributed by atoms with Gasteiger partial charge in [0.25, 0.3) is 5.91 Å². The molecule has 1 aromatic carbocycles. The van der Waals surface area contributed by atoms with E-state index in [0.29, 0.717) is 13.2 Å². The Balaban J connectivity index is 2.07. The van der Waals surface area contributed by atoms with Gasteiger partial charge in [0.05, 0.1) is 0 Å². The summed E-state index contributed by atoms with van der Waals surface area (Å²) in [5.74, 6) is 0.891. The Morgan fingerprint density at radius 1 is 1.37 bits per heavy atom. The Morgan fingerprint density at radius 2 is 2.11 bits per heavy atom. The second-order valence-corrected chi connectivity index (χ2v) is 5.50. The molecule has 0 aliphatic carbocycles. The van der Waals surface area contributed by atoms with Crippen LogP contribution >= 0.6 is 0 Å². The molecule has 0 aromatic heterocycles. The monoisotopic (exact) mass is 262 g/mol. The normalized spacial score (nSPS) is 14.4. The van der Waals surface area contributed by atoms with Crippen molar-refractivity contribution in [2.45, 2.75) is 26.4 Å². The number of amides is 1. The maximum atomic E-state index is 12.2. The van der Waals surface area contributed by atoms with Crippen molar-refractivity contribution in [3.63, 3.8) is 0 Å². The topological polar surface area (TPSA) is 32.8 Å². The molecule has 0 spiro atoms. The van der Waals surface area contributed by atoms with E-state index in [-0.39, 0.29) is 11.9 Å². The molecular formula is C15H22N2O2. The van der Waals surface area contributed by atoms with Gasteiger partial charge in [0.15, 0.2) is 0 Å². The minimum atomic E-state index is 0.114. The van der Waals surface area contributed by atoms with E-state index in [4.69, 9.17) is 4.74 Å². The molecule has 1 aliphatic heterocycles. The third-order valence-corrected chi connectivity index (χ3v) is 3.34. The van der Waals surface area contributed by atoms with Crippen LogP contribution in [0.5, 0.6) is 5.75 Å². The van der Waals surface area contributed by atoms with Gasteiger partial charge in [0.2, 0.25) is 0 Å². The number of hydrogen-bond acceptors (Lipinski definition) is 3. The van der Waals surface area contributed by atoms with Crippen LogP contribution in [0.1, 0.15) is 29.8 Å². The van der Waals surface area contributed by atoms with Crippen molar-refractivity contribution in [1.82, 2.24) is 9.80 Å². The Kier molecular flexibility index (Phi) is 4.10. The van der Waals surface area contributed by atoms with E-state index in [0.717, 1.165) is 23.4 Å². The highest BCUT2D eigenvalue weighted by Crippen LogP contribution is 2.28. The molecule has 0 fully saturated rings. The Morgan fingerprint density at radius 3 is 2.74 bits per heavy atom. The highest BCUT2D eigenvalue weighted by Gasteiger charge is 2.29. The summed E-state index contributed by atoms with van der Waals surface area (Å²) in [4.78, 5) is 16.2. The molecule has 1 amide bonds. The smallest absolute Gasteiger partial charge is 0.254 e. The molecule has 4 heteroatoms. The van der Waals surface area contributed by atoms with E-state index in [1.807, 2.05) is 51.0 Å². The highest BCUT2D eigenvalue weighted by atomic mass is 16.5. The van der Waals surface area contributed by atoms with E-state index < -0.39 is 0 Å². The van der Waals surface area contributed by atoms with Crippen LogP contribution in [0.3, 0.4) is 0 Å². The molecule has 1 aliphatic rings. The lowest BCUT2D eigenvalue weighted by Gasteiger charge is -2.19. The first kappa shape index (κ1) is 13.9. The number of benzene rings is 1. The lowest BCUT2D eigenvalue weighted by atomic mass is 10.1. The quantitative estimate of drug-likeness (QED) is 0.813. The van der Waals surface area contributed by atoms with E-state index in [9.17, 15) is 4.79 Å². The highest BCUT2D eigenvalue weighted by molar-refractivity contribution is 5.98. The first-order chi connectivity index (χ1) is 8.99. The third-order valence-electron chi connectivity index (χ3n) is 3.34. The zero-order valence-corrected chi connectivity index (χ0v) is 12.1. The average molecular weight is 262 g/mol. The molecule has 0 atom stereocenters. The Labute approximate surface area is 115 Å². The molecule has 0 saturated heterocycles. The van der Waals surface area contributed by atoms with E-state index >= 15 is 0 Å². The molecule has 104 valence electrons. The van der Waals surface area contributed by atoms with Gasteiger partial charge in [-0.3, -0.25) is 4.79 Å². The fourth-order valence-corrected chi connectivity index (χ4v) is 2.16. The second kappa shape index (κ2) is 5.61. The standard InChI is InChI=1S/C15H22N2O2/c1-11(2)17-10-12-5-6-13(9-14(12)15(17)18)19-8-7-16(3)4/h5-6,9,11H,7-8,10H2,1-4H3. The third kappa shape index (κ3) is 3.07. The van der Waals surface area contributed by atoms with Crippen LogP contribution in [0.2, 0.25) is 0 Å². The SMILES string of the molecule is CC(C)N1Cc2ccc(OCCN(C)C)cc2C1=O. The Bertz CT molecular complexity index is 469. The minimum absolute atomic E-state index is 0.114. The van der Waals surface area contributed by atoms with Crippen molar-refractivity contribution < 1.29 is 9.53 Å². The lowest BCUT2D eigenvalue weighted by Crippen LogP contribution is -2.30. The van der Waals surface area contributed by atoms with Gasteiger partial charge in [-0.2, -0.15) is 0 Å². The van der Waals surface area contributed by atoms with Crippen LogP contribution in [0.25, 0.3) is 0 Å². The number of hydrogen-bond donors (Lipinski definition) is 0. The van der Waals surface area contributed by atoms with E-state index in [2.05, 4.69) is 4.90 Å². The summed E-state index contributed by atoms with van der Waals surface area (Å²) < 4.78 is 5.67. The average Bonchev–Trinajstić information content (AvgIpc) is 2.67. The van der Waals surface area contributed by atoms with Crippen molar-refractivity contribution in [1.29, 1.82) is 0 Å². The van der Waals surface area contributed by atoms with Crippen LogP contribution in [-0.2, 0) is 6.54 Å². The maximum Gasteiger partial charge on any atom is 0.254 e. The zero-order valence-electron chi connectivity index (χ0n) is 12.1. The molecule has 1 heterocycles. The van der Waals surface area contributed by atoms with Gasteiger partial charge >= 0.3 is 0 Å². The van der Waals surface area contributed by atoms with Gasteiger partial charge in [-0.05, 0) is 45.6 Å².